The maximum Gasteiger partial charge on any atom is 0.0991 e. The number of nitriles is 1. The summed E-state index contributed by atoms with van der Waals surface area (Å²) in [7, 11) is 0. The van der Waals surface area contributed by atoms with Crippen molar-refractivity contribution in [2.75, 3.05) is 6.54 Å². The fraction of sp³-hybridized carbons (Fsp3) is 0.364. The Hall–Kier alpha value is -1.73. The maximum absolute atomic E-state index is 10.0. The minimum absolute atomic E-state index is 0.0845. The lowest BCUT2D eigenvalue weighted by molar-refractivity contribution is 0.122. The summed E-state index contributed by atoms with van der Waals surface area (Å²) in [6, 6.07) is 8.64. The van der Waals surface area contributed by atoms with Crippen LogP contribution in [-0.4, -0.2) is 11.7 Å². The molecule has 15 heavy (non-hydrogen) atoms. The van der Waals surface area contributed by atoms with Crippen molar-refractivity contribution in [2.45, 2.75) is 13.0 Å². The SMILES string of the molecule is C[C@H](CN=O)[C@H](O)c1ccc(C#N)cc1. The second-order valence-corrected chi connectivity index (χ2v) is 3.47. The van der Waals surface area contributed by atoms with E-state index in [1.54, 1.807) is 31.2 Å². The van der Waals surface area contributed by atoms with E-state index in [2.05, 4.69) is 5.18 Å². The van der Waals surface area contributed by atoms with E-state index in [-0.39, 0.29) is 12.5 Å². The highest BCUT2D eigenvalue weighted by Gasteiger charge is 2.16. The molecular formula is C11H12N2O2. The summed E-state index contributed by atoms with van der Waals surface area (Å²) < 4.78 is 0. The van der Waals surface area contributed by atoms with Gasteiger partial charge in [0.1, 0.15) is 0 Å². The molecule has 0 aromatic heterocycles. The van der Waals surface area contributed by atoms with Crippen molar-refractivity contribution in [3.05, 3.63) is 40.3 Å². The number of nitrogens with zero attached hydrogens (tertiary/aromatic N) is 2. The summed E-state index contributed by atoms with van der Waals surface area (Å²) in [6.45, 7) is 1.84. The van der Waals surface area contributed by atoms with Gasteiger partial charge in [0.05, 0.1) is 24.3 Å². The van der Waals surface area contributed by atoms with Gasteiger partial charge < -0.3 is 5.11 Å². The number of benzene rings is 1. The molecule has 0 aliphatic heterocycles. The Labute approximate surface area is 88.1 Å². The van der Waals surface area contributed by atoms with Crippen molar-refractivity contribution in [3.8, 4) is 6.07 Å². The van der Waals surface area contributed by atoms with E-state index in [4.69, 9.17) is 5.26 Å². The molecule has 0 bridgehead atoms. The molecule has 0 radical (unpaired) electrons. The molecule has 0 saturated carbocycles. The molecular weight excluding hydrogens is 192 g/mol. The van der Waals surface area contributed by atoms with Gasteiger partial charge in [-0.2, -0.15) is 10.2 Å². The average molecular weight is 204 g/mol. The molecule has 4 heteroatoms. The molecule has 0 fully saturated rings. The highest BCUT2D eigenvalue weighted by molar-refractivity contribution is 5.32. The van der Waals surface area contributed by atoms with Gasteiger partial charge in [-0.3, -0.25) is 0 Å². The molecule has 0 spiro atoms. The van der Waals surface area contributed by atoms with E-state index < -0.39 is 6.10 Å². The summed E-state index contributed by atoms with van der Waals surface area (Å²) in [5, 5.41) is 21.1. The number of hydrogen-bond donors (Lipinski definition) is 1. The zero-order valence-corrected chi connectivity index (χ0v) is 8.42. The molecule has 1 aromatic carbocycles. The number of aliphatic hydroxyl groups is 1. The summed E-state index contributed by atoms with van der Waals surface area (Å²) in [6.07, 6.45) is -0.713. The van der Waals surface area contributed by atoms with E-state index in [0.29, 0.717) is 11.1 Å². The molecule has 0 unspecified atom stereocenters. The first-order chi connectivity index (χ1) is 7.19. The van der Waals surface area contributed by atoms with Crippen LogP contribution in [0.2, 0.25) is 0 Å². The summed E-state index contributed by atoms with van der Waals surface area (Å²) in [4.78, 5) is 10.0. The first kappa shape index (κ1) is 11.3. The monoisotopic (exact) mass is 204 g/mol. The van der Waals surface area contributed by atoms with Crippen LogP contribution >= 0.6 is 0 Å². The standard InChI is InChI=1S/C11H12N2O2/c1-8(7-13-15)11(14)10-4-2-9(6-12)3-5-10/h2-5,8,11,14H,7H2,1H3/t8-,11+/m1/s1. The van der Waals surface area contributed by atoms with Crippen LogP contribution in [-0.2, 0) is 0 Å². The predicted molar refractivity (Wildman–Crippen MR) is 55.9 cm³/mol. The van der Waals surface area contributed by atoms with Crippen LogP contribution in [0.1, 0.15) is 24.2 Å². The van der Waals surface area contributed by atoms with Crippen molar-refractivity contribution < 1.29 is 5.11 Å². The summed E-state index contributed by atoms with van der Waals surface area (Å²) in [5.41, 5.74) is 1.25. The van der Waals surface area contributed by atoms with Crippen LogP contribution in [0.4, 0.5) is 0 Å². The third-order valence-electron chi connectivity index (χ3n) is 2.28. The Balaban J connectivity index is 2.78. The van der Waals surface area contributed by atoms with Crippen molar-refractivity contribution in [1.29, 1.82) is 5.26 Å². The molecule has 1 aromatic rings. The van der Waals surface area contributed by atoms with Crippen LogP contribution in [0.15, 0.2) is 29.4 Å². The molecule has 0 saturated heterocycles. The Morgan fingerprint density at radius 3 is 2.53 bits per heavy atom. The van der Waals surface area contributed by atoms with Gasteiger partial charge in [-0.05, 0) is 17.7 Å². The number of rotatable bonds is 4. The maximum atomic E-state index is 10.0. The highest BCUT2D eigenvalue weighted by atomic mass is 16.3. The van der Waals surface area contributed by atoms with E-state index >= 15 is 0 Å². The zero-order chi connectivity index (χ0) is 11.3. The Bertz CT molecular complexity index is 367. The zero-order valence-electron chi connectivity index (χ0n) is 8.42. The number of aliphatic hydroxyl groups excluding tert-OH is 1. The molecule has 0 aliphatic carbocycles. The van der Waals surface area contributed by atoms with Crippen LogP contribution in [0, 0.1) is 22.2 Å². The molecule has 2 atom stereocenters. The van der Waals surface area contributed by atoms with E-state index in [9.17, 15) is 10.0 Å². The van der Waals surface area contributed by atoms with Crippen molar-refractivity contribution in [3.63, 3.8) is 0 Å². The molecule has 4 nitrogen and oxygen atoms in total. The van der Waals surface area contributed by atoms with Gasteiger partial charge in [-0.25, -0.2) is 0 Å². The minimum atomic E-state index is -0.713. The lowest BCUT2D eigenvalue weighted by atomic mass is 9.97. The quantitative estimate of drug-likeness (QED) is 0.762. The largest absolute Gasteiger partial charge is 0.388 e. The topological polar surface area (TPSA) is 73.4 Å². The van der Waals surface area contributed by atoms with Gasteiger partial charge in [-0.15, -0.1) is 0 Å². The Morgan fingerprint density at radius 1 is 1.47 bits per heavy atom. The van der Waals surface area contributed by atoms with E-state index in [0.717, 1.165) is 0 Å². The van der Waals surface area contributed by atoms with Crippen LogP contribution in [0.5, 0.6) is 0 Å². The fourth-order valence-corrected chi connectivity index (χ4v) is 1.30. The van der Waals surface area contributed by atoms with Gasteiger partial charge in [0.25, 0.3) is 0 Å². The fourth-order valence-electron chi connectivity index (χ4n) is 1.30. The first-order valence-corrected chi connectivity index (χ1v) is 4.66. The highest BCUT2D eigenvalue weighted by Crippen LogP contribution is 2.22. The predicted octanol–water partition coefficient (Wildman–Crippen LogP) is 1.99. The Kier molecular flexibility index (Phi) is 3.95. The third kappa shape index (κ3) is 2.86. The van der Waals surface area contributed by atoms with Gasteiger partial charge >= 0.3 is 0 Å². The lowest BCUT2D eigenvalue weighted by Gasteiger charge is -2.16. The van der Waals surface area contributed by atoms with Gasteiger partial charge in [0.15, 0.2) is 0 Å². The second kappa shape index (κ2) is 5.23. The molecule has 1 rings (SSSR count). The molecule has 0 amide bonds. The molecule has 78 valence electrons. The van der Waals surface area contributed by atoms with Crippen molar-refractivity contribution in [1.82, 2.24) is 0 Å². The van der Waals surface area contributed by atoms with Gasteiger partial charge in [0, 0.05) is 5.92 Å². The summed E-state index contributed by atoms with van der Waals surface area (Å²) in [5.74, 6) is -0.213. The van der Waals surface area contributed by atoms with Gasteiger partial charge in [0.2, 0.25) is 0 Å². The molecule has 0 aliphatic rings. The first-order valence-electron chi connectivity index (χ1n) is 4.66. The van der Waals surface area contributed by atoms with Gasteiger partial charge in [-0.1, -0.05) is 24.2 Å². The normalized spacial score (nSPS) is 13.9. The molecule has 0 heterocycles. The van der Waals surface area contributed by atoms with E-state index in [1.807, 2.05) is 6.07 Å². The summed E-state index contributed by atoms with van der Waals surface area (Å²) >= 11 is 0. The number of hydrogen-bond acceptors (Lipinski definition) is 4. The van der Waals surface area contributed by atoms with E-state index in [1.165, 1.54) is 0 Å². The number of nitroso groups, excluding NO2 is 1. The Morgan fingerprint density at radius 2 is 2.07 bits per heavy atom. The van der Waals surface area contributed by atoms with Crippen LogP contribution in [0.3, 0.4) is 0 Å². The smallest absolute Gasteiger partial charge is 0.0991 e. The second-order valence-electron chi connectivity index (χ2n) is 3.47. The third-order valence-corrected chi connectivity index (χ3v) is 2.28. The average Bonchev–Trinajstić information content (AvgIpc) is 2.28. The van der Waals surface area contributed by atoms with Crippen molar-refractivity contribution >= 4 is 0 Å². The lowest BCUT2D eigenvalue weighted by Crippen LogP contribution is -2.11. The molecule has 1 N–H and O–H groups in total. The van der Waals surface area contributed by atoms with Crippen LogP contribution < -0.4 is 0 Å². The van der Waals surface area contributed by atoms with Crippen LogP contribution in [0.25, 0.3) is 0 Å². The van der Waals surface area contributed by atoms with Crippen molar-refractivity contribution in [2.24, 2.45) is 11.1 Å². The minimum Gasteiger partial charge on any atom is -0.388 e.